The molecule has 116 valence electrons. The van der Waals surface area contributed by atoms with Gasteiger partial charge in [0.25, 0.3) is 0 Å². The van der Waals surface area contributed by atoms with E-state index < -0.39 is 17.6 Å². The van der Waals surface area contributed by atoms with Crippen LogP contribution < -0.4 is 11.1 Å². The summed E-state index contributed by atoms with van der Waals surface area (Å²) in [5.41, 5.74) is 5.07. The third-order valence-corrected chi connectivity index (χ3v) is 3.41. The third kappa shape index (κ3) is 5.17. The number of aliphatic carboxylic acids is 1. The number of phenolic OH excluding ortho intramolecular Hbond substituents is 1. The normalized spacial score (nSPS) is 15.1. The molecule has 0 fully saturated rings. The average molecular weight is 294 g/mol. The first-order valence-electron chi connectivity index (χ1n) is 6.85. The number of phenols is 1. The first kappa shape index (κ1) is 17.1. The third-order valence-electron chi connectivity index (χ3n) is 3.41. The molecule has 0 amide bonds. The lowest BCUT2D eigenvalue weighted by molar-refractivity contribution is -0.145. The molecule has 0 aliphatic heterocycles. The smallest absolute Gasteiger partial charge is 0.323 e. The van der Waals surface area contributed by atoms with Crippen LogP contribution in [0, 0.1) is 0 Å². The fourth-order valence-corrected chi connectivity index (χ4v) is 2.12. The first-order chi connectivity index (χ1) is 9.91. The highest BCUT2D eigenvalue weighted by atomic mass is 16.4. The highest BCUT2D eigenvalue weighted by Crippen LogP contribution is 2.16. The number of aldehydes is 1. The first-order valence-corrected chi connectivity index (χ1v) is 6.85. The van der Waals surface area contributed by atoms with Crippen LogP contribution in [0.3, 0.4) is 0 Å². The van der Waals surface area contributed by atoms with E-state index in [9.17, 15) is 19.8 Å². The molecule has 5 N–H and O–H groups in total. The van der Waals surface area contributed by atoms with Crippen molar-refractivity contribution in [1.29, 1.82) is 0 Å². The van der Waals surface area contributed by atoms with Gasteiger partial charge in [-0.1, -0.05) is 12.1 Å². The Kier molecular flexibility index (Phi) is 6.33. The zero-order chi connectivity index (χ0) is 15.9. The van der Waals surface area contributed by atoms with Crippen LogP contribution in [0.4, 0.5) is 0 Å². The van der Waals surface area contributed by atoms with E-state index in [0.717, 1.165) is 5.56 Å². The van der Waals surface area contributed by atoms with Crippen LogP contribution in [0.5, 0.6) is 5.75 Å². The Hall–Kier alpha value is -1.92. The van der Waals surface area contributed by atoms with Crippen molar-refractivity contribution in [2.45, 2.75) is 37.8 Å². The van der Waals surface area contributed by atoms with Crippen molar-refractivity contribution in [2.75, 3.05) is 6.54 Å². The summed E-state index contributed by atoms with van der Waals surface area (Å²) in [7, 11) is 0. The Labute approximate surface area is 124 Å². The molecule has 0 saturated heterocycles. The number of nitrogens with one attached hydrogen (secondary N) is 1. The Bertz CT molecular complexity index is 475. The summed E-state index contributed by atoms with van der Waals surface area (Å²) in [6.45, 7) is 1.95. The average Bonchev–Trinajstić information content (AvgIpc) is 2.46. The van der Waals surface area contributed by atoms with Gasteiger partial charge in [0, 0.05) is 0 Å². The Balaban J connectivity index is 2.76. The lowest BCUT2D eigenvalue weighted by Gasteiger charge is -2.29. The maximum atomic E-state index is 11.4. The number of aromatic hydroxyl groups is 1. The summed E-state index contributed by atoms with van der Waals surface area (Å²) >= 11 is 0. The molecule has 0 bridgehead atoms. The number of carboxylic acid groups (broad SMARTS) is 1. The molecule has 0 radical (unpaired) electrons. The standard InChI is InChI=1S/C15H22N2O4/c1-15(14(20)21,7-2-8-16)17-12(10-18)9-11-3-5-13(19)6-4-11/h3-6,10,12,17,19H,2,7-9,16H2,1H3,(H,20,21)/t12-,15?/m0/s1. The van der Waals surface area contributed by atoms with Crippen molar-refractivity contribution in [3.8, 4) is 5.75 Å². The van der Waals surface area contributed by atoms with Crippen LogP contribution in [0.15, 0.2) is 24.3 Å². The maximum absolute atomic E-state index is 11.4. The van der Waals surface area contributed by atoms with E-state index in [0.29, 0.717) is 32.1 Å². The maximum Gasteiger partial charge on any atom is 0.323 e. The van der Waals surface area contributed by atoms with Crippen LogP contribution in [0.25, 0.3) is 0 Å². The molecule has 0 aliphatic carbocycles. The van der Waals surface area contributed by atoms with Gasteiger partial charge in [0.15, 0.2) is 0 Å². The fourth-order valence-electron chi connectivity index (χ4n) is 2.12. The summed E-state index contributed by atoms with van der Waals surface area (Å²) in [6, 6.07) is 5.84. The minimum absolute atomic E-state index is 0.146. The second-order valence-electron chi connectivity index (χ2n) is 5.29. The number of carboxylic acids is 1. The van der Waals surface area contributed by atoms with Crippen molar-refractivity contribution in [1.82, 2.24) is 5.32 Å². The van der Waals surface area contributed by atoms with E-state index in [1.807, 2.05) is 0 Å². The molecule has 0 aliphatic rings. The van der Waals surface area contributed by atoms with Crippen molar-refractivity contribution in [3.63, 3.8) is 0 Å². The predicted octanol–water partition coefficient (Wildman–Crippen LogP) is 0.674. The molecular formula is C15H22N2O4. The summed E-state index contributed by atoms with van der Waals surface area (Å²) < 4.78 is 0. The molecule has 1 aromatic carbocycles. The summed E-state index contributed by atoms with van der Waals surface area (Å²) in [6.07, 6.45) is 1.96. The van der Waals surface area contributed by atoms with E-state index in [1.54, 1.807) is 19.1 Å². The van der Waals surface area contributed by atoms with Crippen molar-refractivity contribution < 1.29 is 19.8 Å². The fraction of sp³-hybridized carbons (Fsp3) is 0.467. The number of hydrogen-bond acceptors (Lipinski definition) is 5. The molecule has 1 aromatic rings. The van der Waals surface area contributed by atoms with Gasteiger partial charge >= 0.3 is 5.97 Å². The van der Waals surface area contributed by atoms with Crippen LogP contribution in [-0.2, 0) is 16.0 Å². The van der Waals surface area contributed by atoms with Crippen LogP contribution >= 0.6 is 0 Å². The zero-order valence-electron chi connectivity index (χ0n) is 12.1. The molecule has 0 aromatic heterocycles. The zero-order valence-corrected chi connectivity index (χ0v) is 12.1. The minimum atomic E-state index is -1.19. The monoisotopic (exact) mass is 294 g/mol. The van der Waals surface area contributed by atoms with Gasteiger partial charge in [-0.05, 0) is 50.4 Å². The van der Waals surface area contributed by atoms with E-state index in [2.05, 4.69) is 5.32 Å². The number of hydrogen-bond donors (Lipinski definition) is 4. The van der Waals surface area contributed by atoms with Gasteiger partial charge in [-0.2, -0.15) is 0 Å². The van der Waals surface area contributed by atoms with Crippen LogP contribution in [0.2, 0.25) is 0 Å². The highest BCUT2D eigenvalue weighted by Gasteiger charge is 2.34. The van der Waals surface area contributed by atoms with Crippen molar-refractivity contribution >= 4 is 12.3 Å². The molecule has 0 heterocycles. The molecule has 21 heavy (non-hydrogen) atoms. The van der Waals surface area contributed by atoms with Gasteiger partial charge in [-0.25, -0.2) is 0 Å². The minimum Gasteiger partial charge on any atom is -0.508 e. The molecule has 0 saturated carbocycles. The molecule has 6 heteroatoms. The van der Waals surface area contributed by atoms with Crippen molar-refractivity contribution in [2.24, 2.45) is 5.73 Å². The Morgan fingerprint density at radius 3 is 2.52 bits per heavy atom. The second kappa shape index (κ2) is 7.75. The Morgan fingerprint density at radius 2 is 2.05 bits per heavy atom. The molecule has 1 unspecified atom stereocenters. The topological polar surface area (TPSA) is 113 Å². The molecule has 6 nitrogen and oxygen atoms in total. The molecular weight excluding hydrogens is 272 g/mol. The number of carbonyl (C=O) groups is 2. The largest absolute Gasteiger partial charge is 0.508 e. The molecule has 0 spiro atoms. The Morgan fingerprint density at radius 1 is 1.43 bits per heavy atom. The molecule has 1 rings (SSSR count). The predicted molar refractivity (Wildman–Crippen MR) is 79.1 cm³/mol. The SMILES string of the molecule is CC(CCCN)(N[C@H](C=O)Cc1ccc(O)cc1)C(=O)O. The second-order valence-corrected chi connectivity index (χ2v) is 5.29. The summed E-state index contributed by atoms with van der Waals surface area (Å²) in [5, 5.41) is 21.5. The van der Waals surface area contributed by atoms with Gasteiger partial charge in [0.05, 0.1) is 6.04 Å². The van der Waals surface area contributed by atoms with Crippen LogP contribution in [-0.4, -0.2) is 40.6 Å². The number of benzene rings is 1. The van der Waals surface area contributed by atoms with E-state index in [-0.39, 0.29) is 5.75 Å². The number of rotatable bonds is 9. The van der Waals surface area contributed by atoms with E-state index in [1.165, 1.54) is 12.1 Å². The summed E-state index contributed by atoms with van der Waals surface area (Å²) in [5.74, 6) is -0.860. The van der Waals surface area contributed by atoms with Crippen LogP contribution in [0.1, 0.15) is 25.3 Å². The van der Waals surface area contributed by atoms with Gasteiger partial charge in [0.1, 0.15) is 17.6 Å². The van der Waals surface area contributed by atoms with E-state index >= 15 is 0 Å². The number of carbonyl (C=O) groups excluding carboxylic acids is 1. The van der Waals surface area contributed by atoms with Gasteiger partial charge in [0.2, 0.25) is 0 Å². The highest BCUT2D eigenvalue weighted by molar-refractivity contribution is 5.79. The van der Waals surface area contributed by atoms with Gasteiger partial charge in [-0.15, -0.1) is 0 Å². The number of nitrogens with two attached hydrogens (primary N) is 1. The lowest BCUT2D eigenvalue weighted by Crippen LogP contribution is -2.55. The molecule has 2 atom stereocenters. The summed E-state index contributed by atoms with van der Waals surface area (Å²) in [4.78, 5) is 22.6. The van der Waals surface area contributed by atoms with E-state index in [4.69, 9.17) is 5.73 Å². The lowest BCUT2D eigenvalue weighted by atomic mass is 9.93. The van der Waals surface area contributed by atoms with Gasteiger partial charge in [-0.3, -0.25) is 10.1 Å². The van der Waals surface area contributed by atoms with Gasteiger partial charge < -0.3 is 20.7 Å². The quantitative estimate of drug-likeness (QED) is 0.498. The van der Waals surface area contributed by atoms with Crippen molar-refractivity contribution in [3.05, 3.63) is 29.8 Å².